The number of carboxylic acid groups (broad SMARTS) is 1. The molecule has 1 rings (SSSR count). The average Bonchev–Trinajstić information content (AvgIpc) is 2.65. The van der Waals surface area contributed by atoms with Gasteiger partial charge in [0.2, 0.25) is 0 Å². The molecule has 0 aromatic heterocycles. The topological polar surface area (TPSA) is 89.9 Å². The lowest BCUT2D eigenvalue weighted by atomic mass is 9.65. The predicted molar refractivity (Wildman–Crippen MR) is 111 cm³/mol. The lowest BCUT2D eigenvalue weighted by Crippen LogP contribution is -2.44. The summed E-state index contributed by atoms with van der Waals surface area (Å²) in [6, 6.07) is 0. The second-order valence-electron chi connectivity index (χ2n) is 9.57. The van der Waals surface area contributed by atoms with E-state index in [1.54, 1.807) is 34.6 Å². The van der Waals surface area contributed by atoms with Gasteiger partial charge in [-0.1, -0.05) is 26.0 Å². The van der Waals surface area contributed by atoms with Crippen LogP contribution in [0.2, 0.25) is 0 Å². The van der Waals surface area contributed by atoms with Gasteiger partial charge in [0.25, 0.3) is 0 Å². The zero-order valence-corrected chi connectivity index (χ0v) is 18.7. The van der Waals surface area contributed by atoms with Crippen LogP contribution in [-0.2, 0) is 23.9 Å². The van der Waals surface area contributed by atoms with Crippen molar-refractivity contribution >= 4 is 17.9 Å². The van der Waals surface area contributed by atoms with E-state index in [-0.39, 0.29) is 31.5 Å². The van der Waals surface area contributed by atoms with E-state index in [0.717, 1.165) is 32.1 Å². The first kappa shape index (κ1) is 25.2. The molecule has 166 valence electrons. The number of hydrogen-bond acceptors (Lipinski definition) is 5. The van der Waals surface area contributed by atoms with Crippen molar-refractivity contribution in [2.75, 3.05) is 6.61 Å². The van der Waals surface area contributed by atoms with Gasteiger partial charge in [-0.15, -0.1) is 0 Å². The second-order valence-corrected chi connectivity index (χ2v) is 9.57. The van der Waals surface area contributed by atoms with Crippen molar-refractivity contribution in [2.24, 2.45) is 16.2 Å². The van der Waals surface area contributed by atoms with Crippen LogP contribution in [-0.4, -0.2) is 35.7 Å². The molecular formula is C23H38O6. The van der Waals surface area contributed by atoms with Crippen molar-refractivity contribution < 1.29 is 29.0 Å². The van der Waals surface area contributed by atoms with Gasteiger partial charge in [0.1, 0.15) is 12.7 Å². The molecule has 0 bridgehead atoms. The minimum atomic E-state index is -1.15. The van der Waals surface area contributed by atoms with Crippen LogP contribution in [0.5, 0.6) is 0 Å². The Morgan fingerprint density at radius 2 is 1.59 bits per heavy atom. The number of carbonyl (C=O) groups is 3. The molecule has 0 aromatic rings. The third-order valence-corrected chi connectivity index (χ3v) is 6.11. The van der Waals surface area contributed by atoms with Crippen LogP contribution < -0.4 is 0 Å². The zero-order chi connectivity index (χ0) is 22.3. The van der Waals surface area contributed by atoms with Crippen molar-refractivity contribution in [3.63, 3.8) is 0 Å². The fourth-order valence-electron chi connectivity index (χ4n) is 4.27. The number of rotatable bonds is 11. The molecule has 1 N–H and O–H groups in total. The van der Waals surface area contributed by atoms with Gasteiger partial charge in [-0.3, -0.25) is 14.4 Å². The summed E-state index contributed by atoms with van der Waals surface area (Å²) in [7, 11) is 0. The fourth-order valence-corrected chi connectivity index (χ4v) is 4.27. The van der Waals surface area contributed by atoms with E-state index in [1.807, 2.05) is 0 Å². The first-order valence-electron chi connectivity index (χ1n) is 10.6. The molecule has 0 aromatic carbocycles. The van der Waals surface area contributed by atoms with Gasteiger partial charge in [0.05, 0.1) is 16.2 Å². The normalized spacial score (nSPS) is 19.5. The number of ether oxygens (including phenoxy) is 2. The molecule has 0 spiro atoms. The van der Waals surface area contributed by atoms with Crippen molar-refractivity contribution in [1.29, 1.82) is 0 Å². The van der Waals surface area contributed by atoms with Gasteiger partial charge in [0.15, 0.2) is 0 Å². The van der Waals surface area contributed by atoms with Crippen LogP contribution in [0.15, 0.2) is 12.7 Å². The standard InChI is InChI=1S/C23H38O6/c1-7-14-28-20(27)23(6,16-22(5,8-2)18(24)25)15-21(3,4)19(26)29-17-12-10-9-11-13-17/h7,17H,1,8-16H2,2-6H3,(H,24,25). The lowest BCUT2D eigenvalue weighted by Gasteiger charge is -2.39. The van der Waals surface area contributed by atoms with Crippen LogP contribution in [0.25, 0.3) is 0 Å². The van der Waals surface area contributed by atoms with Crippen molar-refractivity contribution in [3.8, 4) is 0 Å². The Bertz CT molecular complexity index is 604. The summed E-state index contributed by atoms with van der Waals surface area (Å²) in [6.45, 7) is 12.2. The molecule has 1 fully saturated rings. The van der Waals surface area contributed by atoms with Crippen LogP contribution in [0.3, 0.4) is 0 Å². The minimum Gasteiger partial charge on any atom is -0.481 e. The molecule has 2 atom stereocenters. The Kier molecular flexibility index (Phi) is 8.91. The van der Waals surface area contributed by atoms with E-state index >= 15 is 0 Å². The summed E-state index contributed by atoms with van der Waals surface area (Å²) in [4.78, 5) is 37.7. The highest BCUT2D eigenvalue weighted by Gasteiger charge is 2.49. The maximum absolute atomic E-state index is 12.9. The Balaban J connectivity index is 3.06. The molecule has 2 unspecified atom stereocenters. The maximum atomic E-state index is 12.9. The SMILES string of the molecule is C=CCOC(=O)C(C)(CC(C)(C)C(=O)OC1CCCCC1)CC(C)(CC)C(=O)O. The van der Waals surface area contributed by atoms with Gasteiger partial charge >= 0.3 is 17.9 Å². The number of esters is 2. The number of aliphatic carboxylic acids is 1. The molecule has 0 radical (unpaired) electrons. The highest BCUT2D eigenvalue weighted by atomic mass is 16.5. The van der Waals surface area contributed by atoms with Crippen LogP contribution >= 0.6 is 0 Å². The summed E-state index contributed by atoms with van der Waals surface area (Å²) in [6.07, 6.45) is 6.98. The van der Waals surface area contributed by atoms with E-state index in [9.17, 15) is 19.5 Å². The first-order valence-corrected chi connectivity index (χ1v) is 10.6. The summed E-state index contributed by atoms with van der Waals surface area (Å²) < 4.78 is 11.0. The Morgan fingerprint density at radius 1 is 1.00 bits per heavy atom. The van der Waals surface area contributed by atoms with Crippen LogP contribution in [0, 0.1) is 16.2 Å². The molecule has 0 saturated heterocycles. The molecule has 0 aliphatic heterocycles. The summed E-state index contributed by atoms with van der Waals surface area (Å²) in [5.74, 6) is -1.83. The molecule has 6 heteroatoms. The van der Waals surface area contributed by atoms with Gasteiger partial charge in [-0.05, 0) is 72.6 Å². The van der Waals surface area contributed by atoms with E-state index in [2.05, 4.69) is 6.58 Å². The molecule has 6 nitrogen and oxygen atoms in total. The highest BCUT2D eigenvalue weighted by Crippen LogP contribution is 2.45. The third kappa shape index (κ3) is 6.86. The van der Waals surface area contributed by atoms with E-state index < -0.39 is 28.2 Å². The Morgan fingerprint density at radius 3 is 2.07 bits per heavy atom. The number of carboxylic acids is 1. The third-order valence-electron chi connectivity index (χ3n) is 6.11. The molecular weight excluding hydrogens is 372 g/mol. The van der Waals surface area contributed by atoms with E-state index in [4.69, 9.17) is 9.47 Å². The maximum Gasteiger partial charge on any atom is 0.312 e. The van der Waals surface area contributed by atoms with E-state index in [0.29, 0.717) is 6.42 Å². The zero-order valence-electron chi connectivity index (χ0n) is 18.7. The molecule has 0 heterocycles. The van der Waals surface area contributed by atoms with Gasteiger partial charge in [-0.25, -0.2) is 0 Å². The van der Waals surface area contributed by atoms with Gasteiger partial charge < -0.3 is 14.6 Å². The quantitative estimate of drug-likeness (QED) is 0.385. The Labute approximate surface area is 175 Å². The minimum absolute atomic E-state index is 0.0390. The number of carbonyl (C=O) groups excluding carboxylic acids is 2. The van der Waals surface area contributed by atoms with Crippen molar-refractivity contribution in [2.45, 2.75) is 92.1 Å². The van der Waals surface area contributed by atoms with Crippen molar-refractivity contribution in [1.82, 2.24) is 0 Å². The molecule has 0 amide bonds. The summed E-state index contributed by atoms with van der Waals surface area (Å²) >= 11 is 0. The molecule has 29 heavy (non-hydrogen) atoms. The summed E-state index contributed by atoms with van der Waals surface area (Å²) in [5, 5.41) is 9.72. The Hall–Kier alpha value is -1.85. The monoisotopic (exact) mass is 410 g/mol. The second kappa shape index (κ2) is 10.3. The fraction of sp³-hybridized carbons (Fsp3) is 0.783. The van der Waals surface area contributed by atoms with Crippen LogP contribution in [0.1, 0.15) is 86.0 Å². The average molecular weight is 411 g/mol. The molecule has 1 aliphatic rings. The molecule has 1 saturated carbocycles. The summed E-state index contributed by atoms with van der Waals surface area (Å²) in [5.41, 5.74) is -3.21. The van der Waals surface area contributed by atoms with Crippen molar-refractivity contribution in [3.05, 3.63) is 12.7 Å². The number of hydrogen-bond donors (Lipinski definition) is 1. The lowest BCUT2D eigenvalue weighted by molar-refractivity contribution is -0.169. The highest BCUT2D eigenvalue weighted by molar-refractivity contribution is 5.82. The van der Waals surface area contributed by atoms with Gasteiger partial charge in [0, 0.05) is 0 Å². The van der Waals surface area contributed by atoms with E-state index in [1.165, 1.54) is 6.08 Å². The molecule has 1 aliphatic carbocycles. The largest absolute Gasteiger partial charge is 0.481 e. The van der Waals surface area contributed by atoms with Crippen LogP contribution in [0.4, 0.5) is 0 Å². The predicted octanol–water partition coefficient (Wildman–Crippen LogP) is 4.91. The smallest absolute Gasteiger partial charge is 0.312 e. The first-order chi connectivity index (χ1) is 13.4. The van der Waals surface area contributed by atoms with Gasteiger partial charge in [-0.2, -0.15) is 0 Å².